The van der Waals surface area contributed by atoms with Crippen molar-refractivity contribution in [2.75, 3.05) is 6.61 Å². The molecule has 7 nitrogen and oxygen atoms in total. The predicted molar refractivity (Wildman–Crippen MR) is 67.1 cm³/mol. The van der Waals surface area contributed by atoms with Crippen molar-refractivity contribution < 1.29 is 24.0 Å². The van der Waals surface area contributed by atoms with E-state index < -0.39 is 16.5 Å². The van der Waals surface area contributed by atoms with Crippen LogP contribution in [0.2, 0.25) is 0 Å². The number of cyclic esters (lactones) is 1. The molecule has 2 rings (SSSR count). The summed E-state index contributed by atoms with van der Waals surface area (Å²) in [4.78, 5) is 32.4. The summed E-state index contributed by atoms with van der Waals surface area (Å²) < 4.78 is 9.99. The van der Waals surface area contributed by atoms with Crippen LogP contribution in [0, 0.1) is 10.1 Å². The molecule has 0 aliphatic carbocycles. The van der Waals surface area contributed by atoms with E-state index in [9.17, 15) is 19.7 Å². The Balaban J connectivity index is 1.83. The highest BCUT2D eigenvalue weighted by Gasteiger charge is 2.41. The largest absolute Gasteiger partial charge is 0.462 e. The molecule has 1 aliphatic heterocycles. The second kappa shape index (κ2) is 5.28. The molecule has 20 heavy (non-hydrogen) atoms. The number of ether oxygens (including phenoxy) is 2. The van der Waals surface area contributed by atoms with Crippen molar-refractivity contribution in [3.05, 3.63) is 39.9 Å². The van der Waals surface area contributed by atoms with Gasteiger partial charge >= 0.3 is 11.9 Å². The van der Waals surface area contributed by atoms with Gasteiger partial charge < -0.3 is 9.47 Å². The fourth-order valence-corrected chi connectivity index (χ4v) is 1.87. The molecule has 1 heterocycles. The monoisotopic (exact) mass is 279 g/mol. The molecule has 0 bridgehead atoms. The molecule has 1 aliphatic rings. The molecular weight excluding hydrogens is 266 g/mol. The Bertz CT molecular complexity index is 542. The molecule has 106 valence electrons. The lowest BCUT2D eigenvalue weighted by Gasteiger charge is -2.36. The predicted octanol–water partition coefficient (Wildman–Crippen LogP) is 1.85. The van der Waals surface area contributed by atoms with Crippen LogP contribution < -0.4 is 0 Å². The third kappa shape index (κ3) is 3.11. The number of hydrogen-bond donors (Lipinski definition) is 0. The van der Waals surface area contributed by atoms with Gasteiger partial charge in [0, 0.05) is 18.6 Å². The molecule has 0 radical (unpaired) electrons. The quantitative estimate of drug-likeness (QED) is 0.463. The van der Waals surface area contributed by atoms with E-state index in [4.69, 9.17) is 9.47 Å². The van der Waals surface area contributed by atoms with Gasteiger partial charge in [0.05, 0.1) is 23.5 Å². The number of non-ortho nitro benzene ring substituents is 1. The lowest BCUT2D eigenvalue weighted by molar-refractivity contribution is -0.384. The molecule has 0 saturated carbocycles. The standard InChI is InChI=1S/C13H13NO6/c1-13(8-11(15)20-13)6-7-19-12(16)9-2-4-10(5-3-9)14(17)18/h2-5H,6-8H2,1H3. The molecule has 0 aromatic heterocycles. The Morgan fingerprint density at radius 1 is 1.45 bits per heavy atom. The average Bonchev–Trinajstić information content (AvgIpc) is 2.37. The van der Waals surface area contributed by atoms with Crippen LogP contribution in [0.1, 0.15) is 30.1 Å². The zero-order valence-electron chi connectivity index (χ0n) is 10.8. The summed E-state index contributed by atoms with van der Waals surface area (Å²) in [5.74, 6) is -0.816. The van der Waals surface area contributed by atoms with Crippen molar-refractivity contribution in [3.8, 4) is 0 Å². The van der Waals surface area contributed by atoms with Crippen LogP contribution in [0.4, 0.5) is 5.69 Å². The lowest BCUT2D eigenvalue weighted by Crippen LogP contribution is -2.45. The van der Waals surface area contributed by atoms with E-state index in [1.54, 1.807) is 6.92 Å². The van der Waals surface area contributed by atoms with Crippen molar-refractivity contribution in [3.63, 3.8) is 0 Å². The maximum atomic E-state index is 11.7. The molecule has 1 aromatic carbocycles. The van der Waals surface area contributed by atoms with E-state index in [2.05, 4.69) is 0 Å². The van der Waals surface area contributed by atoms with Gasteiger partial charge in [-0.3, -0.25) is 14.9 Å². The van der Waals surface area contributed by atoms with Gasteiger partial charge in [0.2, 0.25) is 0 Å². The van der Waals surface area contributed by atoms with E-state index in [1.807, 2.05) is 0 Å². The number of nitrogens with zero attached hydrogens (tertiary/aromatic N) is 1. The molecular formula is C13H13NO6. The fraction of sp³-hybridized carbons (Fsp3) is 0.385. The van der Waals surface area contributed by atoms with E-state index >= 15 is 0 Å². The Labute approximate surface area is 114 Å². The van der Waals surface area contributed by atoms with Crippen LogP contribution in [0.5, 0.6) is 0 Å². The lowest BCUT2D eigenvalue weighted by atomic mass is 9.93. The zero-order valence-corrected chi connectivity index (χ0v) is 10.8. The summed E-state index contributed by atoms with van der Waals surface area (Å²) >= 11 is 0. The number of esters is 2. The molecule has 1 fully saturated rings. The van der Waals surface area contributed by atoms with Gasteiger partial charge in [0.15, 0.2) is 0 Å². The van der Waals surface area contributed by atoms with Crippen LogP contribution in [-0.2, 0) is 14.3 Å². The van der Waals surface area contributed by atoms with E-state index in [-0.39, 0.29) is 23.8 Å². The van der Waals surface area contributed by atoms with Gasteiger partial charge in [0.1, 0.15) is 5.60 Å². The minimum Gasteiger partial charge on any atom is -0.462 e. The normalized spacial score (nSPS) is 20.8. The van der Waals surface area contributed by atoms with Gasteiger partial charge in [-0.25, -0.2) is 4.79 Å². The van der Waals surface area contributed by atoms with Gasteiger partial charge in [-0.1, -0.05) is 0 Å². The van der Waals surface area contributed by atoms with Crippen LogP contribution in [0.15, 0.2) is 24.3 Å². The van der Waals surface area contributed by atoms with Gasteiger partial charge in [-0.15, -0.1) is 0 Å². The first-order valence-electron chi connectivity index (χ1n) is 6.03. The molecule has 7 heteroatoms. The number of nitro benzene ring substituents is 1. The highest BCUT2D eigenvalue weighted by molar-refractivity contribution is 5.89. The SMILES string of the molecule is CC1(CCOC(=O)c2ccc([N+](=O)[O-])cc2)CC(=O)O1. The first-order valence-corrected chi connectivity index (χ1v) is 6.03. The molecule has 1 aromatic rings. The summed E-state index contributed by atoms with van der Waals surface area (Å²) in [5, 5.41) is 10.5. The van der Waals surface area contributed by atoms with Gasteiger partial charge in [-0.2, -0.15) is 0 Å². The van der Waals surface area contributed by atoms with Crippen LogP contribution >= 0.6 is 0 Å². The van der Waals surface area contributed by atoms with Crippen LogP contribution in [-0.4, -0.2) is 29.1 Å². The first-order chi connectivity index (χ1) is 9.39. The molecule has 1 unspecified atom stereocenters. The number of carbonyl (C=O) groups excluding carboxylic acids is 2. The number of nitro groups is 1. The molecule has 0 spiro atoms. The molecule has 0 N–H and O–H groups in total. The molecule has 1 saturated heterocycles. The van der Waals surface area contributed by atoms with Gasteiger partial charge in [0.25, 0.3) is 5.69 Å². The summed E-state index contributed by atoms with van der Waals surface area (Å²) in [7, 11) is 0. The zero-order chi connectivity index (χ0) is 14.8. The maximum absolute atomic E-state index is 11.7. The van der Waals surface area contributed by atoms with E-state index in [0.717, 1.165) is 0 Å². The number of benzene rings is 1. The summed E-state index contributed by atoms with van der Waals surface area (Å²) in [6.07, 6.45) is 0.750. The van der Waals surface area contributed by atoms with Crippen molar-refractivity contribution in [1.82, 2.24) is 0 Å². The second-order valence-corrected chi connectivity index (χ2v) is 4.79. The highest BCUT2D eigenvalue weighted by atomic mass is 16.6. The second-order valence-electron chi connectivity index (χ2n) is 4.79. The Morgan fingerprint density at radius 2 is 2.05 bits per heavy atom. The van der Waals surface area contributed by atoms with Crippen molar-refractivity contribution in [1.29, 1.82) is 0 Å². The summed E-state index contributed by atoms with van der Waals surface area (Å²) in [6, 6.07) is 5.16. The third-order valence-corrected chi connectivity index (χ3v) is 3.06. The van der Waals surface area contributed by atoms with Crippen LogP contribution in [0.25, 0.3) is 0 Å². The number of hydrogen-bond acceptors (Lipinski definition) is 6. The van der Waals surface area contributed by atoms with Crippen LogP contribution in [0.3, 0.4) is 0 Å². The summed E-state index contributed by atoms with van der Waals surface area (Å²) in [5.41, 5.74) is -0.394. The maximum Gasteiger partial charge on any atom is 0.338 e. The fourth-order valence-electron chi connectivity index (χ4n) is 1.87. The minimum absolute atomic E-state index is 0.0876. The Kier molecular flexibility index (Phi) is 3.69. The number of carbonyl (C=O) groups is 2. The average molecular weight is 279 g/mol. The minimum atomic E-state index is -0.561. The smallest absolute Gasteiger partial charge is 0.338 e. The van der Waals surface area contributed by atoms with E-state index in [0.29, 0.717) is 12.8 Å². The third-order valence-electron chi connectivity index (χ3n) is 3.06. The van der Waals surface area contributed by atoms with Crippen molar-refractivity contribution in [2.45, 2.75) is 25.4 Å². The van der Waals surface area contributed by atoms with Crippen molar-refractivity contribution in [2.24, 2.45) is 0 Å². The number of rotatable bonds is 5. The first kappa shape index (κ1) is 14.0. The summed E-state index contributed by atoms with van der Waals surface area (Å²) in [6.45, 7) is 1.90. The van der Waals surface area contributed by atoms with Gasteiger partial charge in [-0.05, 0) is 19.1 Å². The topological polar surface area (TPSA) is 95.7 Å². The Hall–Kier alpha value is -2.44. The van der Waals surface area contributed by atoms with Crippen molar-refractivity contribution >= 4 is 17.6 Å². The molecule has 1 atom stereocenters. The molecule has 0 amide bonds. The Morgan fingerprint density at radius 3 is 2.55 bits per heavy atom. The highest BCUT2D eigenvalue weighted by Crippen LogP contribution is 2.30. The van der Waals surface area contributed by atoms with E-state index in [1.165, 1.54) is 24.3 Å².